The monoisotopic (exact) mass is 312 g/mol. The van der Waals surface area contributed by atoms with E-state index in [1.807, 2.05) is 0 Å². The summed E-state index contributed by atoms with van der Waals surface area (Å²) in [7, 11) is 0. The van der Waals surface area contributed by atoms with Crippen molar-refractivity contribution in [2.24, 2.45) is 0 Å². The lowest BCUT2D eigenvalue weighted by atomic mass is 10.2. The third-order valence-electron chi connectivity index (χ3n) is 2.77. The molecule has 2 nitrogen and oxygen atoms in total. The second-order valence-electron chi connectivity index (χ2n) is 4.05. The molecule has 2 aromatic rings. The molecule has 0 aromatic carbocycles. The van der Waals surface area contributed by atoms with Crippen LogP contribution in [0.1, 0.15) is 30.5 Å². The Labute approximate surface area is 115 Å². The van der Waals surface area contributed by atoms with Gasteiger partial charge in [-0.15, -0.1) is 11.3 Å². The van der Waals surface area contributed by atoms with Gasteiger partial charge in [0.1, 0.15) is 0 Å². The Morgan fingerprint density at radius 1 is 1.41 bits per heavy atom. The summed E-state index contributed by atoms with van der Waals surface area (Å²) in [5.74, 6) is 0. The highest BCUT2D eigenvalue weighted by molar-refractivity contribution is 9.11. The molecular weight excluding hydrogens is 296 g/mol. The number of hydrogen-bond donors (Lipinski definition) is 1. The first-order valence-electron chi connectivity index (χ1n) is 5.83. The van der Waals surface area contributed by atoms with Crippen LogP contribution < -0.4 is 5.32 Å². The van der Waals surface area contributed by atoms with Gasteiger partial charge in [0.15, 0.2) is 0 Å². The number of thiophene rings is 1. The predicted molar refractivity (Wildman–Crippen MR) is 77.6 cm³/mol. The average Bonchev–Trinajstić information content (AvgIpc) is 2.89. The van der Waals surface area contributed by atoms with Crippen molar-refractivity contribution in [2.45, 2.75) is 26.4 Å². The Kier molecular flexibility index (Phi) is 4.42. The molecule has 0 aliphatic heterocycles. The van der Waals surface area contributed by atoms with E-state index in [1.165, 1.54) is 14.4 Å². The molecular formula is C13H17BrN2S. The van der Waals surface area contributed by atoms with Crippen molar-refractivity contribution in [3.05, 3.63) is 44.8 Å². The van der Waals surface area contributed by atoms with Gasteiger partial charge in [0.25, 0.3) is 0 Å². The van der Waals surface area contributed by atoms with Crippen LogP contribution in [0.15, 0.2) is 34.2 Å². The van der Waals surface area contributed by atoms with E-state index in [4.69, 9.17) is 0 Å². The van der Waals surface area contributed by atoms with E-state index < -0.39 is 0 Å². The highest BCUT2D eigenvalue weighted by atomic mass is 79.9. The molecule has 0 saturated carbocycles. The van der Waals surface area contributed by atoms with Crippen molar-refractivity contribution in [3.63, 3.8) is 0 Å². The molecule has 0 aliphatic rings. The Morgan fingerprint density at radius 2 is 2.24 bits per heavy atom. The Bertz CT molecular complexity index is 475. The van der Waals surface area contributed by atoms with Gasteiger partial charge in [0, 0.05) is 22.8 Å². The first-order chi connectivity index (χ1) is 8.20. The van der Waals surface area contributed by atoms with Gasteiger partial charge in [-0.05, 0) is 53.7 Å². The standard InChI is InChI=1S/C13H17BrN2S/c1-3-15-10(2)12-5-4-8-16(12)9-11-6-7-13(14)17-11/h4-8,10,15H,3,9H2,1-2H3. The minimum absolute atomic E-state index is 0.401. The fourth-order valence-corrected chi connectivity index (χ4v) is 3.46. The van der Waals surface area contributed by atoms with Crippen LogP contribution in [0.5, 0.6) is 0 Å². The molecule has 0 amide bonds. The van der Waals surface area contributed by atoms with E-state index in [9.17, 15) is 0 Å². The highest BCUT2D eigenvalue weighted by Crippen LogP contribution is 2.24. The van der Waals surface area contributed by atoms with Crippen LogP contribution in [0, 0.1) is 0 Å². The van der Waals surface area contributed by atoms with Crippen LogP contribution in [-0.4, -0.2) is 11.1 Å². The van der Waals surface area contributed by atoms with E-state index in [0.29, 0.717) is 6.04 Å². The molecule has 17 heavy (non-hydrogen) atoms. The average molecular weight is 313 g/mol. The zero-order chi connectivity index (χ0) is 12.3. The molecule has 0 saturated heterocycles. The maximum absolute atomic E-state index is 3.51. The summed E-state index contributed by atoms with van der Waals surface area (Å²) < 4.78 is 3.51. The van der Waals surface area contributed by atoms with Gasteiger partial charge in [0.2, 0.25) is 0 Å². The summed E-state index contributed by atoms with van der Waals surface area (Å²) >= 11 is 5.30. The number of nitrogens with zero attached hydrogens (tertiary/aromatic N) is 1. The van der Waals surface area contributed by atoms with Crippen molar-refractivity contribution in [3.8, 4) is 0 Å². The minimum Gasteiger partial charge on any atom is -0.345 e. The number of hydrogen-bond acceptors (Lipinski definition) is 2. The lowest BCUT2D eigenvalue weighted by Gasteiger charge is -2.15. The number of rotatable bonds is 5. The molecule has 4 heteroatoms. The lowest BCUT2D eigenvalue weighted by Crippen LogP contribution is -2.20. The predicted octanol–water partition coefficient (Wildman–Crippen LogP) is 4.03. The largest absolute Gasteiger partial charge is 0.345 e. The van der Waals surface area contributed by atoms with Gasteiger partial charge in [-0.1, -0.05) is 6.92 Å². The van der Waals surface area contributed by atoms with Gasteiger partial charge in [0.05, 0.1) is 10.3 Å². The maximum atomic E-state index is 3.51. The van der Waals surface area contributed by atoms with E-state index in [2.05, 4.69) is 70.1 Å². The maximum Gasteiger partial charge on any atom is 0.0702 e. The van der Waals surface area contributed by atoms with Gasteiger partial charge < -0.3 is 9.88 Å². The molecule has 1 unspecified atom stereocenters. The number of halogens is 1. The second-order valence-corrected chi connectivity index (χ2v) is 6.59. The Balaban J connectivity index is 2.13. The molecule has 2 rings (SSSR count). The smallest absolute Gasteiger partial charge is 0.0702 e. The summed E-state index contributed by atoms with van der Waals surface area (Å²) in [6, 6.07) is 8.99. The zero-order valence-electron chi connectivity index (χ0n) is 10.1. The molecule has 0 fully saturated rings. The zero-order valence-corrected chi connectivity index (χ0v) is 12.5. The summed E-state index contributed by atoms with van der Waals surface area (Å²) in [6.07, 6.45) is 2.15. The van der Waals surface area contributed by atoms with Crippen LogP contribution >= 0.6 is 27.3 Å². The van der Waals surface area contributed by atoms with Crippen LogP contribution in [-0.2, 0) is 6.54 Å². The topological polar surface area (TPSA) is 17.0 Å². The third kappa shape index (κ3) is 3.21. The first kappa shape index (κ1) is 12.9. The molecule has 0 radical (unpaired) electrons. The molecule has 92 valence electrons. The number of aromatic nitrogens is 1. The second kappa shape index (κ2) is 5.85. The van der Waals surface area contributed by atoms with Crippen molar-refractivity contribution >= 4 is 27.3 Å². The van der Waals surface area contributed by atoms with Crippen LogP contribution in [0.4, 0.5) is 0 Å². The molecule has 0 aliphatic carbocycles. The van der Waals surface area contributed by atoms with E-state index >= 15 is 0 Å². The fraction of sp³-hybridized carbons (Fsp3) is 0.385. The summed E-state index contributed by atoms with van der Waals surface area (Å²) in [5.41, 5.74) is 1.34. The highest BCUT2D eigenvalue weighted by Gasteiger charge is 2.09. The van der Waals surface area contributed by atoms with Crippen molar-refractivity contribution < 1.29 is 0 Å². The van der Waals surface area contributed by atoms with Gasteiger partial charge in [-0.25, -0.2) is 0 Å². The van der Waals surface area contributed by atoms with Gasteiger partial charge in [-0.2, -0.15) is 0 Å². The fourth-order valence-electron chi connectivity index (χ4n) is 1.98. The number of nitrogens with one attached hydrogen (secondary N) is 1. The minimum atomic E-state index is 0.401. The third-order valence-corrected chi connectivity index (χ3v) is 4.38. The van der Waals surface area contributed by atoms with Crippen molar-refractivity contribution in [1.29, 1.82) is 0 Å². The van der Waals surface area contributed by atoms with Crippen LogP contribution in [0.3, 0.4) is 0 Å². The molecule has 2 heterocycles. The lowest BCUT2D eigenvalue weighted by molar-refractivity contribution is 0.554. The van der Waals surface area contributed by atoms with E-state index in [-0.39, 0.29) is 0 Å². The summed E-state index contributed by atoms with van der Waals surface area (Å²) in [4.78, 5) is 1.37. The van der Waals surface area contributed by atoms with Gasteiger partial charge in [-0.3, -0.25) is 0 Å². The van der Waals surface area contributed by atoms with Crippen LogP contribution in [0.25, 0.3) is 0 Å². The van der Waals surface area contributed by atoms with E-state index in [0.717, 1.165) is 13.1 Å². The van der Waals surface area contributed by atoms with Gasteiger partial charge >= 0.3 is 0 Å². The molecule has 0 bridgehead atoms. The summed E-state index contributed by atoms with van der Waals surface area (Å²) in [5, 5.41) is 3.45. The molecule has 1 atom stereocenters. The molecule has 1 N–H and O–H groups in total. The molecule has 2 aromatic heterocycles. The first-order valence-corrected chi connectivity index (χ1v) is 7.44. The Hall–Kier alpha value is -0.580. The van der Waals surface area contributed by atoms with Crippen LogP contribution in [0.2, 0.25) is 0 Å². The van der Waals surface area contributed by atoms with E-state index in [1.54, 1.807) is 11.3 Å². The Morgan fingerprint density at radius 3 is 2.88 bits per heavy atom. The quantitative estimate of drug-likeness (QED) is 0.882. The molecule has 0 spiro atoms. The SMILES string of the molecule is CCNC(C)c1cccn1Cc1ccc(Br)s1. The summed E-state index contributed by atoms with van der Waals surface area (Å²) in [6.45, 7) is 6.30. The van der Waals surface area contributed by atoms with Crippen molar-refractivity contribution in [1.82, 2.24) is 9.88 Å². The van der Waals surface area contributed by atoms with Crippen molar-refractivity contribution in [2.75, 3.05) is 6.54 Å². The normalized spacial score (nSPS) is 12.9.